The monoisotopic (exact) mass is 287 g/mol. The van der Waals surface area contributed by atoms with Crippen LogP contribution in [0.1, 0.15) is 5.56 Å². The molecule has 0 saturated heterocycles. The van der Waals surface area contributed by atoms with E-state index in [9.17, 15) is 0 Å². The molecular formula is C13H10BrN3. The summed E-state index contributed by atoms with van der Waals surface area (Å²) in [4.78, 5) is 12.0. The molecule has 0 aliphatic rings. The molecule has 0 atom stereocenters. The van der Waals surface area contributed by atoms with Crippen LogP contribution in [-0.2, 0) is 0 Å². The lowest BCUT2D eigenvalue weighted by Crippen LogP contribution is -1.85. The molecule has 0 aliphatic heterocycles. The van der Waals surface area contributed by atoms with Gasteiger partial charge in [0.05, 0.1) is 5.52 Å². The molecule has 0 bridgehead atoms. The van der Waals surface area contributed by atoms with Gasteiger partial charge in [-0.05, 0) is 36.8 Å². The highest BCUT2D eigenvalue weighted by atomic mass is 79.9. The molecule has 0 spiro atoms. The van der Waals surface area contributed by atoms with Crippen LogP contribution < -0.4 is 0 Å². The van der Waals surface area contributed by atoms with Crippen molar-refractivity contribution in [1.82, 2.24) is 15.0 Å². The van der Waals surface area contributed by atoms with Crippen LogP contribution in [0.2, 0.25) is 0 Å². The third kappa shape index (κ3) is 1.85. The van der Waals surface area contributed by atoms with Crippen molar-refractivity contribution >= 4 is 27.1 Å². The second-order valence-corrected chi connectivity index (χ2v) is 4.83. The number of aryl methyl sites for hydroxylation is 1. The Morgan fingerprint density at radius 2 is 2.12 bits per heavy atom. The second kappa shape index (κ2) is 3.96. The summed E-state index contributed by atoms with van der Waals surface area (Å²) >= 11 is 3.48. The van der Waals surface area contributed by atoms with E-state index in [1.807, 2.05) is 18.2 Å². The first-order valence-electron chi connectivity index (χ1n) is 5.31. The first-order chi connectivity index (χ1) is 8.24. The number of fused-ring (bicyclic) bond motifs is 1. The minimum Gasteiger partial charge on any atom is -0.337 e. The molecule has 84 valence electrons. The van der Waals surface area contributed by atoms with Gasteiger partial charge in [0.2, 0.25) is 0 Å². The molecule has 0 amide bonds. The first-order valence-corrected chi connectivity index (χ1v) is 6.10. The number of aromatic amines is 1. The van der Waals surface area contributed by atoms with Crippen molar-refractivity contribution in [3.63, 3.8) is 0 Å². The molecule has 1 aromatic carbocycles. The Bertz CT molecular complexity index is 655. The van der Waals surface area contributed by atoms with Crippen molar-refractivity contribution in [3.05, 3.63) is 46.6 Å². The lowest BCUT2D eigenvalue weighted by molar-refractivity contribution is 1.28. The fourth-order valence-corrected chi connectivity index (χ4v) is 2.18. The van der Waals surface area contributed by atoms with Gasteiger partial charge in [-0.3, -0.25) is 0 Å². The summed E-state index contributed by atoms with van der Waals surface area (Å²) in [5.41, 5.74) is 3.99. The number of imidazole rings is 1. The van der Waals surface area contributed by atoms with Crippen LogP contribution in [0.15, 0.2) is 41.0 Å². The molecule has 1 N–H and O–H groups in total. The highest BCUT2D eigenvalue weighted by molar-refractivity contribution is 9.10. The third-order valence-corrected chi connectivity index (χ3v) is 3.21. The molecule has 3 aromatic rings. The number of nitrogens with one attached hydrogen (secondary N) is 1. The number of aromatic nitrogens is 3. The van der Waals surface area contributed by atoms with Gasteiger partial charge in [-0.15, -0.1) is 0 Å². The number of nitrogens with zero attached hydrogens (tertiary/aromatic N) is 2. The van der Waals surface area contributed by atoms with Crippen LogP contribution >= 0.6 is 15.9 Å². The summed E-state index contributed by atoms with van der Waals surface area (Å²) in [5, 5.41) is 0. The quantitative estimate of drug-likeness (QED) is 0.742. The molecular weight excluding hydrogens is 278 g/mol. The lowest BCUT2D eigenvalue weighted by atomic mass is 10.1. The average Bonchev–Trinajstić information content (AvgIpc) is 2.75. The molecule has 0 unspecified atom stereocenters. The zero-order valence-corrected chi connectivity index (χ0v) is 10.8. The largest absolute Gasteiger partial charge is 0.337 e. The summed E-state index contributed by atoms with van der Waals surface area (Å²) in [6.07, 6.45) is 1.75. The zero-order valence-electron chi connectivity index (χ0n) is 9.24. The SMILES string of the molecule is Cc1ccc(Br)cc1-c1nc2ncccc2[nH]1. The topological polar surface area (TPSA) is 41.6 Å². The minimum absolute atomic E-state index is 0.752. The number of benzene rings is 1. The maximum absolute atomic E-state index is 4.50. The number of rotatable bonds is 1. The normalized spacial score (nSPS) is 10.9. The third-order valence-electron chi connectivity index (χ3n) is 2.71. The Labute approximate surface area is 107 Å². The van der Waals surface area contributed by atoms with Gasteiger partial charge in [-0.25, -0.2) is 9.97 Å². The van der Waals surface area contributed by atoms with Crippen LogP contribution in [0.5, 0.6) is 0 Å². The van der Waals surface area contributed by atoms with Crippen LogP contribution in [0, 0.1) is 6.92 Å². The highest BCUT2D eigenvalue weighted by Gasteiger charge is 2.08. The maximum Gasteiger partial charge on any atom is 0.178 e. The van der Waals surface area contributed by atoms with E-state index in [-0.39, 0.29) is 0 Å². The Balaban J connectivity index is 2.23. The molecule has 0 aliphatic carbocycles. The summed E-state index contributed by atoms with van der Waals surface area (Å²) in [5.74, 6) is 0.859. The van der Waals surface area contributed by atoms with Crippen molar-refractivity contribution in [2.45, 2.75) is 6.92 Å². The summed E-state index contributed by atoms with van der Waals surface area (Å²) in [7, 11) is 0. The molecule has 17 heavy (non-hydrogen) atoms. The fourth-order valence-electron chi connectivity index (χ4n) is 1.82. The highest BCUT2D eigenvalue weighted by Crippen LogP contribution is 2.25. The van der Waals surface area contributed by atoms with Crippen molar-refractivity contribution in [3.8, 4) is 11.4 Å². The van der Waals surface area contributed by atoms with Gasteiger partial charge in [0.25, 0.3) is 0 Å². The van der Waals surface area contributed by atoms with E-state index >= 15 is 0 Å². The Kier molecular flexibility index (Phi) is 2.44. The van der Waals surface area contributed by atoms with Gasteiger partial charge in [0, 0.05) is 16.2 Å². The smallest absolute Gasteiger partial charge is 0.178 e. The van der Waals surface area contributed by atoms with E-state index in [4.69, 9.17) is 0 Å². The van der Waals surface area contributed by atoms with Gasteiger partial charge < -0.3 is 4.98 Å². The average molecular weight is 288 g/mol. The van der Waals surface area contributed by atoms with E-state index in [1.165, 1.54) is 5.56 Å². The number of hydrogen-bond acceptors (Lipinski definition) is 2. The number of halogens is 1. The standard InChI is InChI=1S/C13H10BrN3/c1-8-4-5-9(14)7-10(8)12-16-11-3-2-6-15-13(11)17-12/h2-7H,1H3,(H,15,16,17). The molecule has 4 heteroatoms. The van der Waals surface area contributed by atoms with E-state index < -0.39 is 0 Å². The minimum atomic E-state index is 0.752. The molecule has 2 aromatic heterocycles. The van der Waals surface area contributed by atoms with E-state index in [0.29, 0.717) is 0 Å². The van der Waals surface area contributed by atoms with E-state index in [2.05, 4.69) is 49.9 Å². The molecule has 0 fully saturated rings. The van der Waals surface area contributed by atoms with E-state index in [1.54, 1.807) is 6.20 Å². The van der Waals surface area contributed by atoms with Crippen LogP contribution in [0.25, 0.3) is 22.6 Å². The van der Waals surface area contributed by atoms with Gasteiger partial charge in [-0.2, -0.15) is 0 Å². The molecule has 3 nitrogen and oxygen atoms in total. The van der Waals surface area contributed by atoms with Gasteiger partial charge in [-0.1, -0.05) is 22.0 Å². The Morgan fingerprint density at radius 1 is 1.24 bits per heavy atom. The fraction of sp³-hybridized carbons (Fsp3) is 0.0769. The van der Waals surface area contributed by atoms with Crippen molar-refractivity contribution in [2.75, 3.05) is 0 Å². The molecule has 0 saturated carbocycles. The van der Waals surface area contributed by atoms with Crippen molar-refractivity contribution in [2.24, 2.45) is 0 Å². The van der Waals surface area contributed by atoms with Crippen molar-refractivity contribution < 1.29 is 0 Å². The molecule has 3 rings (SSSR count). The predicted octanol–water partition coefficient (Wildman–Crippen LogP) is 3.70. The van der Waals surface area contributed by atoms with Crippen molar-refractivity contribution in [1.29, 1.82) is 0 Å². The number of hydrogen-bond donors (Lipinski definition) is 1. The Hall–Kier alpha value is -1.68. The van der Waals surface area contributed by atoms with Crippen LogP contribution in [0.3, 0.4) is 0 Å². The summed E-state index contributed by atoms with van der Waals surface area (Å²) < 4.78 is 1.05. The second-order valence-electron chi connectivity index (χ2n) is 3.92. The van der Waals surface area contributed by atoms with Crippen LogP contribution in [-0.4, -0.2) is 15.0 Å². The molecule has 2 heterocycles. The number of pyridine rings is 1. The van der Waals surface area contributed by atoms with Gasteiger partial charge >= 0.3 is 0 Å². The van der Waals surface area contributed by atoms with Gasteiger partial charge in [0.1, 0.15) is 5.82 Å². The summed E-state index contributed by atoms with van der Waals surface area (Å²) in [6, 6.07) is 10.0. The summed E-state index contributed by atoms with van der Waals surface area (Å²) in [6.45, 7) is 2.07. The van der Waals surface area contributed by atoms with Gasteiger partial charge in [0.15, 0.2) is 5.65 Å². The maximum atomic E-state index is 4.50. The zero-order chi connectivity index (χ0) is 11.8. The first kappa shape index (κ1) is 10.5. The lowest BCUT2D eigenvalue weighted by Gasteiger charge is -2.02. The Morgan fingerprint density at radius 3 is 2.94 bits per heavy atom. The van der Waals surface area contributed by atoms with E-state index in [0.717, 1.165) is 27.0 Å². The predicted molar refractivity (Wildman–Crippen MR) is 71.8 cm³/mol. The number of H-pyrrole nitrogens is 1. The molecule has 0 radical (unpaired) electrons. The van der Waals surface area contributed by atoms with Crippen LogP contribution in [0.4, 0.5) is 0 Å².